The second kappa shape index (κ2) is 4.23. The summed E-state index contributed by atoms with van der Waals surface area (Å²) >= 11 is 0. The number of nitrogens with one attached hydrogen (secondary N) is 1. The van der Waals surface area contributed by atoms with E-state index in [0.717, 1.165) is 17.9 Å². The van der Waals surface area contributed by atoms with Gasteiger partial charge in [0.15, 0.2) is 0 Å². The first-order chi connectivity index (χ1) is 7.18. The Morgan fingerprint density at radius 2 is 2.33 bits per heavy atom. The van der Waals surface area contributed by atoms with Gasteiger partial charge in [-0.25, -0.2) is 4.68 Å². The van der Waals surface area contributed by atoms with E-state index in [9.17, 15) is 0 Å². The fraction of sp³-hybridized carbons (Fsp3) is 0.727. The lowest BCUT2D eigenvalue weighted by molar-refractivity contribution is 0.338. The predicted molar refractivity (Wildman–Crippen MR) is 61.5 cm³/mol. The van der Waals surface area contributed by atoms with Crippen molar-refractivity contribution in [3.05, 3.63) is 11.8 Å². The average molecular weight is 208 g/mol. The zero-order valence-electron chi connectivity index (χ0n) is 9.53. The number of nitrogens with two attached hydrogens (primary N) is 1. The summed E-state index contributed by atoms with van der Waals surface area (Å²) < 4.78 is 1.87. The van der Waals surface area contributed by atoms with Crippen LogP contribution in [0.25, 0.3) is 0 Å². The highest BCUT2D eigenvalue weighted by Crippen LogP contribution is 2.20. The van der Waals surface area contributed by atoms with E-state index in [1.807, 2.05) is 10.9 Å². The van der Waals surface area contributed by atoms with Crippen molar-refractivity contribution in [2.75, 3.05) is 5.73 Å². The highest BCUT2D eigenvalue weighted by molar-refractivity contribution is 5.38. The number of nitrogen functional groups attached to an aromatic ring is 1. The lowest BCUT2D eigenvalue weighted by Crippen LogP contribution is -2.34. The summed E-state index contributed by atoms with van der Waals surface area (Å²) in [5.74, 6) is 0.803. The third-order valence-electron chi connectivity index (χ3n) is 3.09. The minimum atomic E-state index is 0.336. The molecule has 0 bridgehead atoms. The quantitative estimate of drug-likeness (QED) is 0.791. The van der Waals surface area contributed by atoms with E-state index >= 15 is 0 Å². The topological polar surface area (TPSA) is 55.9 Å². The van der Waals surface area contributed by atoms with E-state index in [-0.39, 0.29) is 0 Å². The smallest absolute Gasteiger partial charge is 0.126 e. The molecule has 0 unspecified atom stereocenters. The molecule has 0 aromatic carbocycles. The molecule has 1 fully saturated rings. The average Bonchev–Trinajstić information content (AvgIpc) is 2.45. The van der Waals surface area contributed by atoms with Gasteiger partial charge in [-0.2, -0.15) is 5.10 Å². The summed E-state index contributed by atoms with van der Waals surface area (Å²) in [7, 11) is 0. The maximum Gasteiger partial charge on any atom is 0.126 e. The minimum Gasteiger partial charge on any atom is -0.384 e. The Morgan fingerprint density at radius 3 is 2.80 bits per heavy atom. The molecule has 84 valence electrons. The third kappa shape index (κ3) is 2.15. The van der Waals surface area contributed by atoms with E-state index in [0.29, 0.717) is 12.1 Å². The van der Waals surface area contributed by atoms with Crippen LogP contribution in [0.3, 0.4) is 0 Å². The second-order valence-corrected chi connectivity index (χ2v) is 4.60. The summed E-state index contributed by atoms with van der Waals surface area (Å²) in [4.78, 5) is 0. The molecule has 2 rings (SSSR count). The molecule has 0 radical (unpaired) electrons. The van der Waals surface area contributed by atoms with Crippen molar-refractivity contribution in [1.29, 1.82) is 0 Å². The summed E-state index contributed by atoms with van der Waals surface area (Å²) in [5.41, 5.74) is 7.13. The van der Waals surface area contributed by atoms with Crippen molar-refractivity contribution in [3.8, 4) is 0 Å². The van der Waals surface area contributed by atoms with Gasteiger partial charge in [0.1, 0.15) is 5.82 Å². The lowest BCUT2D eigenvalue weighted by atomic mass is 9.93. The van der Waals surface area contributed by atoms with Gasteiger partial charge in [-0.1, -0.05) is 6.42 Å². The summed E-state index contributed by atoms with van der Waals surface area (Å²) in [5, 5.41) is 7.78. The first-order valence-electron chi connectivity index (χ1n) is 5.73. The van der Waals surface area contributed by atoms with Gasteiger partial charge < -0.3 is 11.1 Å². The van der Waals surface area contributed by atoms with Crippen molar-refractivity contribution in [2.24, 2.45) is 0 Å². The molecule has 15 heavy (non-hydrogen) atoms. The van der Waals surface area contributed by atoms with Gasteiger partial charge in [0.05, 0.1) is 6.20 Å². The Kier molecular flexibility index (Phi) is 2.95. The highest BCUT2D eigenvalue weighted by atomic mass is 15.3. The van der Waals surface area contributed by atoms with Crippen molar-refractivity contribution in [1.82, 2.24) is 15.1 Å². The molecule has 0 saturated heterocycles. The summed E-state index contributed by atoms with van der Waals surface area (Å²) in [6, 6.07) is 1.04. The largest absolute Gasteiger partial charge is 0.384 e. The molecule has 0 amide bonds. The summed E-state index contributed by atoms with van der Waals surface area (Å²) in [6.07, 6.45) is 5.84. The Bertz CT molecular complexity index is 325. The molecule has 4 heteroatoms. The van der Waals surface area contributed by atoms with Gasteiger partial charge in [-0.15, -0.1) is 0 Å². The van der Waals surface area contributed by atoms with E-state index < -0.39 is 0 Å². The van der Waals surface area contributed by atoms with Crippen molar-refractivity contribution in [2.45, 2.75) is 51.7 Å². The Hall–Kier alpha value is -1.03. The number of anilines is 1. The number of nitrogens with zero attached hydrogens (tertiary/aromatic N) is 2. The second-order valence-electron chi connectivity index (χ2n) is 4.60. The zero-order valence-corrected chi connectivity index (χ0v) is 9.53. The molecule has 1 aliphatic carbocycles. The Labute approximate surface area is 90.8 Å². The molecular formula is C11H20N4. The Balaban J connectivity index is 1.95. The SMILES string of the molecule is CC(C)n1ncc(CNC2CCC2)c1N. The number of hydrogen-bond acceptors (Lipinski definition) is 3. The van der Waals surface area contributed by atoms with Crippen molar-refractivity contribution < 1.29 is 0 Å². The normalized spacial score (nSPS) is 17.0. The van der Waals surface area contributed by atoms with Gasteiger partial charge in [-0.3, -0.25) is 0 Å². The standard InChI is InChI=1S/C11H20N4/c1-8(2)15-11(12)9(7-14-15)6-13-10-4-3-5-10/h7-8,10,13H,3-6,12H2,1-2H3. The van der Waals surface area contributed by atoms with Crippen LogP contribution in [0.1, 0.15) is 44.7 Å². The first kappa shape index (κ1) is 10.5. The maximum absolute atomic E-state index is 6.01. The molecule has 1 saturated carbocycles. The molecule has 1 aromatic heterocycles. The fourth-order valence-corrected chi connectivity index (χ4v) is 1.82. The molecule has 1 aromatic rings. The van der Waals surface area contributed by atoms with Crippen LogP contribution in [-0.2, 0) is 6.54 Å². The summed E-state index contributed by atoms with van der Waals surface area (Å²) in [6.45, 7) is 5.03. The molecule has 0 aliphatic heterocycles. The minimum absolute atomic E-state index is 0.336. The van der Waals surface area contributed by atoms with Crippen LogP contribution < -0.4 is 11.1 Å². The van der Waals surface area contributed by atoms with E-state index in [1.54, 1.807) is 0 Å². The molecule has 0 atom stereocenters. The van der Waals surface area contributed by atoms with E-state index in [4.69, 9.17) is 5.73 Å². The Morgan fingerprint density at radius 1 is 1.60 bits per heavy atom. The highest BCUT2D eigenvalue weighted by Gasteiger charge is 2.17. The number of hydrogen-bond donors (Lipinski definition) is 2. The molecule has 1 heterocycles. The van der Waals surface area contributed by atoms with Crippen LogP contribution in [0.2, 0.25) is 0 Å². The van der Waals surface area contributed by atoms with E-state index in [1.165, 1.54) is 19.3 Å². The molecule has 4 nitrogen and oxygen atoms in total. The van der Waals surface area contributed by atoms with Crippen LogP contribution in [0.5, 0.6) is 0 Å². The van der Waals surface area contributed by atoms with E-state index in [2.05, 4.69) is 24.3 Å². The van der Waals surface area contributed by atoms with Gasteiger partial charge in [0.2, 0.25) is 0 Å². The molecule has 1 aliphatic rings. The molecule has 3 N–H and O–H groups in total. The van der Waals surface area contributed by atoms with Crippen molar-refractivity contribution >= 4 is 5.82 Å². The maximum atomic E-state index is 6.01. The van der Waals surface area contributed by atoms with Gasteiger partial charge >= 0.3 is 0 Å². The van der Waals surface area contributed by atoms with Gasteiger partial charge in [0, 0.05) is 24.2 Å². The third-order valence-corrected chi connectivity index (χ3v) is 3.09. The van der Waals surface area contributed by atoms with Crippen LogP contribution in [-0.4, -0.2) is 15.8 Å². The molecular weight excluding hydrogens is 188 g/mol. The van der Waals surface area contributed by atoms with Crippen LogP contribution in [0.15, 0.2) is 6.20 Å². The van der Waals surface area contributed by atoms with Gasteiger partial charge in [0.25, 0.3) is 0 Å². The van der Waals surface area contributed by atoms with Crippen LogP contribution in [0.4, 0.5) is 5.82 Å². The lowest BCUT2D eigenvalue weighted by Gasteiger charge is -2.26. The first-order valence-corrected chi connectivity index (χ1v) is 5.73. The number of aromatic nitrogens is 2. The number of rotatable bonds is 4. The molecule has 0 spiro atoms. The zero-order chi connectivity index (χ0) is 10.8. The predicted octanol–water partition coefficient (Wildman–Crippen LogP) is 1.69. The fourth-order valence-electron chi connectivity index (χ4n) is 1.82. The van der Waals surface area contributed by atoms with Crippen LogP contribution >= 0.6 is 0 Å². The van der Waals surface area contributed by atoms with Crippen molar-refractivity contribution in [3.63, 3.8) is 0 Å². The monoisotopic (exact) mass is 208 g/mol. The van der Waals surface area contributed by atoms with Gasteiger partial charge in [-0.05, 0) is 26.7 Å². The van der Waals surface area contributed by atoms with Crippen LogP contribution in [0, 0.1) is 0 Å².